The summed E-state index contributed by atoms with van der Waals surface area (Å²) < 4.78 is 21.1. The van der Waals surface area contributed by atoms with E-state index in [0.717, 1.165) is 5.56 Å². The van der Waals surface area contributed by atoms with Gasteiger partial charge in [0.15, 0.2) is 0 Å². The lowest BCUT2D eigenvalue weighted by Gasteiger charge is -1.93. The van der Waals surface area contributed by atoms with Crippen molar-refractivity contribution >= 4 is 25.8 Å². The molecule has 5 heteroatoms. The zero-order chi connectivity index (χ0) is 10.6. The van der Waals surface area contributed by atoms with Crippen molar-refractivity contribution in [3.8, 4) is 5.75 Å². The molecule has 1 N–H and O–H groups in total. The summed E-state index contributed by atoms with van der Waals surface area (Å²) in [5.74, 6) is -0.0257. The van der Waals surface area contributed by atoms with Crippen molar-refractivity contribution < 1.29 is 13.5 Å². The molecule has 0 amide bonds. The minimum Gasteiger partial charge on any atom is -0.508 e. The molecular weight excluding hydrogens is 224 g/mol. The third-order valence-corrected chi connectivity index (χ3v) is 2.47. The monoisotopic (exact) mass is 232 g/mol. The van der Waals surface area contributed by atoms with E-state index in [9.17, 15) is 8.42 Å². The first-order chi connectivity index (χ1) is 6.47. The first kappa shape index (κ1) is 11.1. The fraction of sp³-hybridized carbons (Fsp3) is 0.111. The number of benzene rings is 1. The maximum absolute atomic E-state index is 10.5. The van der Waals surface area contributed by atoms with E-state index >= 15 is 0 Å². The molecular formula is C9H9ClO3S. The summed E-state index contributed by atoms with van der Waals surface area (Å²) in [5, 5.41) is 8.97. The standard InChI is InChI=1S/C9H9ClO3S/c10-14(12,13)7-1-2-8-3-5-9(11)6-4-8/h1-6,11H,7H2/b2-1+. The molecule has 0 fully saturated rings. The Balaban J connectivity index is 2.65. The molecule has 0 aromatic heterocycles. The van der Waals surface area contributed by atoms with Crippen molar-refractivity contribution in [2.24, 2.45) is 0 Å². The summed E-state index contributed by atoms with van der Waals surface area (Å²) in [6, 6.07) is 6.39. The Labute approximate surface area is 87.1 Å². The van der Waals surface area contributed by atoms with E-state index in [1.165, 1.54) is 18.2 Å². The van der Waals surface area contributed by atoms with Crippen LogP contribution in [0.1, 0.15) is 5.56 Å². The number of hydrogen-bond acceptors (Lipinski definition) is 3. The second kappa shape index (κ2) is 4.48. The summed E-state index contributed by atoms with van der Waals surface area (Å²) in [7, 11) is 1.54. The highest BCUT2D eigenvalue weighted by molar-refractivity contribution is 8.13. The molecule has 0 spiro atoms. The van der Waals surface area contributed by atoms with Crippen LogP contribution in [0, 0.1) is 0 Å². The molecule has 1 rings (SSSR count). The van der Waals surface area contributed by atoms with Gasteiger partial charge in [-0.2, -0.15) is 0 Å². The minimum atomic E-state index is -3.47. The second-order valence-corrected chi connectivity index (χ2v) is 5.52. The van der Waals surface area contributed by atoms with Crippen LogP contribution in [0.3, 0.4) is 0 Å². The van der Waals surface area contributed by atoms with Crippen LogP contribution >= 0.6 is 10.7 Å². The van der Waals surface area contributed by atoms with Crippen LogP contribution in [0.2, 0.25) is 0 Å². The van der Waals surface area contributed by atoms with Crippen LogP contribution < -0.4 is 0 Å². The van der Waals surface area contributed by atoms with E-state index in [1.807, 2.05) is 0 Å². The topological polar surface area (TPSA) is 54.4 Å². The Bertz CT molecular complexity index is 420. The summed E-state index contributed by atoms with van der Waals surface area (Å²) in [5.41, 5.74) is 0.808. The minimum absolute atomic E-state index is 0.173. The number of phenols is 1. The molecule has 0 saturated carbocycles. The average Bonchev–Trinajstić information content (AvgIpc) is 2.06. The van der Waals surface area contributed by atoms with Crippen molar-refractivity contribution in [1.82, 2.24) is 0 Å². The van der Waals surface area contributed by atoms with E-state index in [0.29, 0.717) is 0 Å². The molecule has 0 bridgehead atoms. The number of rotatable bonds is 3. The molecule has 3 nitrogen and oxygen atoms in total. The van der Waals surface area contributed by atoms with Crippen LogP contribution in [0.15, 0.2) is 30.3 Å². The third kappa shape index (κ3) is 4.30. The van der Waals surface area contributed by atoms with Crippen LogP contribution in [0.5, 0.6) is 5.75 Å². The number of halogens is 1. The third-order valence-electron chi connectivity index (χ3n) is 1.50. The lowest BCUT2D eigenvalue weighted by molar-refractivity contribution is 0.475. The molecule has 0 aliphatic carbocycles. The molecule has 0 aliphatic rings. The van der Waals surface area contributed by atoms with Crippen LogP contribution in [-0.4, -0.2) is 19.3 Å². The molecule has 0 atom stereocenters. The van der Waals surface area contributed by atoms with Gasteiger partial charge in [0.1, 0.15) is 5.75 Å². The van der Waals surface area contributed by atoms with Crippen molar-refractivity contribution in [1.29, 1.82) is 0 Å². The maximum atomic E-state index is 10.5. The van der Waals surface area contributed by atoms with E-state index < -0.39 is 9.05 Å². The Morgan fingerprint density at radius 2 is 1.86 bits per heavy atom. The molecule has 14 heavy (non-hydrogen) atoms. The van der Waals surface area contributed by atoms with Crippen molar-refractivity contribution in [2.45, 2.75) is 0 Å². The molecule has 0 unspecified atom stereocenters. The SMILES string of the molecule is O=S(=O)(Cl)C/C=C/c1ccc(O)cc1. The van der Waals surface area contributed by atoms with E-state index in [-0.39, 0.29) is 11.5 Å². The van der Waals surface area contributed by atoms with E-state index in [2.05, 4.69) is 0 Å². The van der Waals surface area contributed by atoms with Gasteiger partial charge in [-0.3, -0.25) is 0 Å². The van der Waals surface area contributed by atoms with Gasteiger partial charge in [0, 0.05) is 10.7 Å². The molecule has 0 aliphatic heterocycles. The van der Waals surface area contributed by atoms with Gasteiger partial charge in [0.2, 0.25) is 9.05 Å². The average molecular weight is 233 g/mol. The zero-order valence-electron chi connectivity index (χ0n) is 7.22. The van der Waals surface area contributed by atoms with Gasteiger partial charge in [-0.1, -0.05) is 24.3 Å². The number of hydrogen-bond donors (Lipinski definition) is 1. The molecule has 1 aromatic carbocycles. The Morgan fingerprint density at radius 1 is 1.29 bits per heavy atom. The predicted molar refractivity (Wildman–Crippen MR) is 56.8 cm³/mol. The normalized spacial score (nSPS) is 12.1. The number of aromatic hydroxyl groups is 1. The second-order valence-electron chi connectivity index (χ2n) is 2.70. The fourth-order valence-electron chi connectivity index (χ4n) is 0.885. The Kier molecular flexibility index (Phi) is 3.55. The Hall–Kier alpha value is -1.00. The zero-order valence-corrected chi connectivity index (χ0v) is 8.79. The number of phenolic OH excluding ortho intramolecular Hbond substituents is 1. The predicted octanol–water partition coefficient (Wildman–Crippen LogP) is 1.97. The first-order valence-electron chi connectivity index (χ1n) is 3.85. The summed E-state index contributed by atoms with van der Waals surface area (Å²) in [6.07, 6.45) is 3.08. The molecule has 0 heterocycles. The van der Waals surface area contributed by atoms with Crippen LogP contribution in [-0.2, 0) is 9.05 Å². The van der Waals surface area contributed by atoms with Gasteiger partial charge in [-0.25, -0.2) is 8.42 Å². The summed E-state index contributed by atoms with van der Waals surface area (Å²) in [4.78, 5) is 0. The van der Waals surface area contributed by atoms with Crippen molar-refractivity contribution in [2.75, 3.05) is 5.75 Å². The van der Waals surface area contributed by atoms with Gasteiger partial charge in [0.05, 0.1) is 5.75 Å². The van der Waals surface area contributed by atoms with Gasteiger partial charge in [0.25, 0.3) is 0 Å². The summed E-state index contributed by atoms with van der Waals surface area (Å²) in [6.45, 7) is 0. The molecule has 0 radical (unpaired) electrons. The highest BCUT2D eigenvalue weighted by atomic mass is 35.7. The van der Waals surface area contributed by atoms with Gasteiger partial charge >= 0.3 is 0 Å². The molecule has 1 aromatic rings. The Morgan fingerprint density at radius 3 is 2.36 bits per heavy atom. The van der Waals surface area contributed by atoms with Gasteiger partial charge < -0.3 is 5.11 Å². The van der Waals surface area contributed by atoms with Gasteiger partial charge in [-0.05, 0) is 17.7 Å². The van der Waals surface area contributed by atoms with Crippen LogP contribution in [0.4, 0.5) is 0 Å². The van der Waals surface area contributed by atoms with E-state index in [1.54, 1.807) is 18.2 Å². The molecule has 0 saturated heterocycles. The van der Waals surface area contributed by atoms with Crippen LogP contribution in [0.25, 0.3) is 6.08 Å². The lowest BCUT2D eigenvalue weighted by Crippen LogP contribution is -1.91. The highest BCUT2D eigenvalue weighted by Gasteiger charge is 1.99. The highest BCUT2D eigenvalue weighted by Crippen LogP contribution is 2.11. The smallest absolute Gasteiger partial charge is 0.236 e. The fourth-order valence-corrected chi connectivity index (χ4v) is 1.43. The lowest BCUT2D eigenvalue weighted by atomic mass is 10.2. The van der Waals surface area contributed by atoms with E-state index in [4.69, 9.17) is 15.8 Å². The quantitative estimate of drug-likeness (QED) is 0.811. The maximum Gasteiger partial charge on any atom is 0.236 e. The first-order valence-corrected chi connectivity index (χ1v) is 6.33. The molecule has 76 valence electrons. The summed E-state index contributed by atoms with van der Waals surface area (Å²) >= 11 is 0. The van der Waals surface area contributed by atoms with Crippen molar-refractivity contribution in [3.05, 3.63) is 35.9 Å². The van der Waals surface area contributed by atoms with Crippen molar-refractivity contribution in [3.63, 3.8) is 0 Å². The largest absolute Gasteiger partial charge is 0.508 e. The van der Waals surface area contributed by atoms with Gasteiger partial charge in [-0.15, -0.1) is 0 Å².